The van der Waals surface area contributed by atoms with Gasteiger partial charge in [-0.1, -0.05) is 32.4 Å². The van der Waals surface area contributed by atoms with Crippen LogP contribution in [0.1, 0.15) is 81.2 Å². The molecule has 2 aromatic carbocycles. The van der Waals surface area contributed by atoms with Crippen molar-refractivity contribution in [3.63, 3.8) is 0 Å². The van der Waals surface area contributed by atoms with Gasteiger partial charge in [0.2, 0.25) is 5.91 Å². The minimum atomic E-state index is -0.938. The molecule has 2 fully saturated rings. The van der Waals surface area contributed by atoms with Crippen LogP contribution in [0.15, 0.2) is 36.9 Å². The van der Waals surface area contributed by atoms with E-state index in [0.717, 1.165) is 48.4 Å². The van der Waals surface area contributed by atoms with E-state index in [1.165, 1.54) is 12.1 Å². The lowest BCUT2D eigenvalue weighted by atomic mass is 9.79. The Balaban J connectivity index is 1.41. The smallest absolute Gasteiger partial charge is 0.318 e. The number of anilines is 1. The highest BCUT2D eigenvalue weighted by Crippen LogP contribution is 2.42. The second-order valence-electron chi connectivity index (χ2n) is 14.8. The van der Waals surface area contributed by atoms with Crippen molar-refractivity contribution in [1.29, 1.82) is 0 Å². The van der Waals surface area contributed by atoms with Crippen LogP contribution in [0.4, 0.5) is 14.6 Å². The third-order valence-corrected chi connectivity index (χ3v) is 10.6. The number of aromatic nitrogens is 2. The van der Waals surface area contributed by atoms with E-state index in [1.54, 1.807) is 26.0 Å². The molecule has 3 aromatic rings. The number of amides is 1. The number of rotatable bonds is 9. The number of halogens is 2. The highest BCUT2D eigenvalue weighted by atomic mass is 19.1. The van der Waals surface area contributed by atoms with Crippen LogP contribution >= 0.6 is 0 Å². The molecule has 1 aliphatic carbocycles. The minimum Gasteiger partial charge on any atom is -0.461 e. The maximum Gasteiger partial charge on any atom is 0.318 e. The number of hydrogen-bond acceptors (Lipinski definition) is 8. The van der Waals surface area contributed by atoms with Gasteiger partial charge in [-0.3, -0.25) is 14.5 Å². The van der Waals surface area contributed by atoms with Gasteiger partial charge in [0.1, 0.15) is 30.2 Å². The molecule has 3 aliphatic rings. The fourth-order valence-corrected chi connectivity index (χ4v) is 7.68. The van der Waals surface area contributed by atoms with E-state index in [-0.39, 0.29) is 47.9 Å². The molecule has 6 rings (SSSR count). The van der Waals surface area contributed by atoms with Gasteiger partial charge >= 0.3 is 12.0 Å². The number of likely N-dealkylation sites (N-methyl/N-ethyl adjacent to an activating group) is 1. The molecular formula is C40H47F2N5O4. The highest BCUT2D eigenvalue weighted by Gasteiger charge is 2.41. The monoisotopic (exact) mass is 699 g/mol. The summed E-state index contributed by atoms with van der Waals surface area (Å²) in [4.78, 5) is 39.0. The molecule has 51 heavy (non-hydrogen) atoms. The van der Waals surface area contributed by atoms with Crippen molar-refractivity contribution in [3.8, 4) is 24.1 Å². The van der Waals surface area contributed by atoms with Gasteiger partial charge in [0.05, 0.1) is 22.7 Å². The second kappa shape index (κ2) is 15.0. The molecule has 2 saturated heterocycles. The van der Waals surface area contributed by atoms with Crippen LogP contribution in [0.3, 0.4) is 0 Å². The summed E-state index contributed by atoms with van der Waals surface area (Å²) in [5.41, 5.74) is 2.23. The summed E-state index contributed by atoms with van der Waals surface area (Å²) in [5.74, 6) is 2.15. The summed E-state index contributed by atoms with van der Waals surface area (Å²) >= 11 is 0. The lowest BCUT2D eigenvalue weighted by Gasteiger charge is -2.33. The Morgan fingerprint density at radius 2 is 2.02 bits per heavy atom. The average Bonchev–Trinajstić information content (AvgIpc) is 3.23. The van der Waals surface area contributed by atoms with Gasteiger partial charge in [0.15, 0.2) is 0 Å². The fraction of sp³-hybridized carbons (Fsp3) is 0.500. The van der Waals surface area contributed by atoms with Crippen molar-refractivity contribution in [1.82, 2.24) is 20.2 Å². The van der Waals surface area contributed by atoms with Crippen LogP contribution in [-0.4, -0.2) is 77.8 Å². The Morgan fingerprint density at radius 3 is 2.73 bits per heavy atom. The molecule has 1 unspecified atom stereocenters. The Kier molecular flexibility index (Phi) is 10.6. The summed E-state index contributed by atoms with van der Waals surface area (Å²) in [6, 6.07) is 6.66. The SMILES string of the molecule is C#Cc1c(F)ccc2cc(OC(=O)C(C)C)cc([C@@H]3CCc4c(nc(OC[C@]5(C)C[C@@H](F)CN5C)nc4N4CCCCC(NC(=O)C=C)C4)C3)c12. The summed E-state index contributed by atoms with van der Waals surface area (Å²) < 4.78 is 41.7. The van der Waals surface area contributed by atoms with E-state index >= 15 is 4.39 Å². The number of nitrogens with zero attached hydrogens (tertiary/aromatic N) is 4. The first-order valence-corrected chi connectivity index (χ1v) is 17.9. The van der Waals surface area contributed by atoms with E-state index in [4.69, 9.17) is 25.9 Å². The number of carbonyl (C=O) groups excluding carboxylic acids is 2. The van der Waals surface area contributed by atoms with Crippen LogP contribution in [-0.2, 0) is 22.4 Å². The minimum absolute atomic E-state index is 0.0865. The average molecular weight is 700 g/mol. The number of benzene rings is 2. The molecular weight excluding hydrogens is 652 g/mol. The number of hydrogen-bond donors (Lipinski definition) is 1. The zero-order valence-corrected chi connectivity index (χ0v) is 29.9. The first kappa shape index (κ1) is 36.2. The number of fused-ring (bicyclic) bond motifs is 2. The molecule has 270 valence electrons. The molecule has 3 heterocycles. The topological polar surface area (TPSA) is 96.9 Å². The molecule has 9 nitrogen and oxygen atoms in total. The number of ether oxygens (including phenoxy) is 2. The zero-order chi connectivity index (χ0) is 36.4. The summed E-state index contributed by atoms with van der Waals surface area (Å²) in [6.07, 6.45) is 11.1. The number of nitrogens with one attached hydrogen (secondary N) is 1. The summed E-state index contributed by atoms with van der Waals surface area (Å²) in [5, 5.41) is 4.37. The van der Waals surface area contributed by atoms with Crippen molar-refractivity contribution in [3.05, 3.63) is 65.1 Å². The van der Waals surface area contributed by atoms with E-state index in [9.17, 15) is 14.0 Å². The first-order valence-electron chi connectivity index (χ1n) is 17.9. The normalized spacial score (nSPS) is 23.7. The van der Waals surface area contributed by atoms with Gasteiger partial charge in [-0.25, -0.2) is 8.78 Å². The van der Waals surface area contributed by atoms with E-state index in [1.807, 2.05) is 24.9 Å². The molecule has 0 saturated carbocycles. The second-order valence-corrected chi connectivity index (χ2v) is 14.8. The number of alkyl halides is 1. The van der Waals surface area contributed by atoms with Crippen LogP contribution in [0.25, 0.3) is 10.8 Å². The van der Waals surface area contributed by atoms with E-state index in [0.29, 0.717) is 55.3 Å². The Labute approximate surface area is 298 Å². The molecule has 4 atom stereocenters. The number of carbonyl (C=O) groups is 2. The molecule has 0 radical (unpaired) electrons. The maximum absolute atomic E-state index is 15.2. The van der Waals surface area contributed by atoms with Gasteiger partial charge < -0.3 is 19.7 Å². The van der Waals surface area contributed by atoms with Gasteiger partial charge in [-0.15, -0.1) is 6.42 Å². The predicted molar refractivity (Wildman–Crippen MR) is 193 cm³/mol. The van der Waals surface area contributed by atoms with Gasteiger partial charge in [-0.2, -0.15) is 9.97 Å². The number of terminal acetylenes is 1. The summed E-state index contributed by atoms with van der Waals surface area (Å²) in [7, 11) is 1.89. The molecule has 11 heteroatoms. The van der Waals surface area contributed by atoms with E-state index in [2.05, 4.69) is 22.7 Å². The van der Waals surface area contributed by atoms with Crippen LogP contribution in [0, 0.1) is 24.1 Å². The third-order valence-electron chi connectivity index (χ3n) is 10.6. The van der Waals surface area contributed by atoms with Crippen molar-refractivity contribution in [2.24, 2.45) is 5.92 Å². The van der Waals surface area contributed by atoms with E-state index < -0.39 is 17.5 Å². The lowest BCUT2D eigenvalue weighted by molar-refractivity contribution is -0.137. The fourth-order valence-electron chi connectivity index (χ4n) is 7.68. The number of esters is 1. The van der Waals surface area contributed by atoms with Crippen LogP contribution in [0.5, 0.6) is 11.8 Å². The number of likely N-dealkylation sites (tertiary alicyclic amines) is 1. The standard InChI is InChI=1S/C40H47F2N5O4/c1-7-30-33(42)15-13-26-17-29(51-38(49)24(3)4)19-32(36(26)30)25-12-14-31-34(18-25)44-39(50-23-40(5)20-27(41)21-46(40)6)45-37(31)47-16-10-9-11-28(22-47)43-35(48)8-2/h1,8,13,15,17,19,24-25,27-28H,2,9-12,14,16,18,20-23H2,3-6H3,(H,43,48)/t25-,27-,28?,40+/m1/s1. The molecule has 0 spiro atoms. The van der Waals surface area contributed by atoms with Crippen molar-refractivity contribution in [2.75, 3.05) is 38.2 Å². The zero-order valence-electron chi connectivity index (χ0n) is 29.9. The highest BCUT2D eigenvalue weighted by molar-refractivity contribution is 5.93. The van der Waals surface area contributed by atoms with Crippen LogP contribution < -0.4 is 19.7 Å². The molecule has 1 amide bonds. The quantitative estimate of drug-likeness (QED) is 0.125. The predicted octanol–water partition coefficient (Wildman–Crippen LogP) is 6.06. The Bertz CT molecular complexity index is 1880. The lowest BCUT2D eigenvalue weighted by Crippen LogP contribution is -2.44. The molecule has 1 aromatic heterocycles. The van der Waals surface area contributed by atoms with Gasteiger partial charge in [-0.05, 0) is 93.6 Å². The molecule has 2 aliphatic heterocycles. The van der Waals surface area contributed by atoms with Crippen molar-refractivity contribution in [2.45, 2.75) is 89.4 Å². The molecule has 1 N–H and O–H groups in total. The third kappa shape index (κ3) is 7.71. The maximum atomic E-state index is 15.2. The molecule has 0 bridgehead atoms. The van der Waals surface area contributed by atoms with Gasteiger partial charge in [0, 0.05) is 43.0 Å². The Morgan fingerprint density at radius 1 is 1.22 bits per heavy atom. The van der Waals surface area contributed by atoms with Crippen LogP contribution in [0.2, 0.25) is 0 Å². The van der Waals surface area contributed by atoms with Gasteiger partial charge in [0.25, 0.3) is 0 Å². The van der Waals surface area contributed by atoms with Crippen molar-refractivity contribution >= 4 is 28.5 Å². The summed E-state index contributed by atoms with van der Waals surface area (Å²) in [6.45, 7) is 11.0. The largest absolute Gasteiger partial charge is 0.461 e. The Hall–Kier alpha value is -4.56. The van der Waals surface area contributed by atoms with Crippen molar-refractivity contribution < 1.29 is 27.8 Å². The first-order chi connectivity index (χ1) is 24.4.